The van der Waals surface area contributed by atoms with E-state index in [0.717, 1.165) is 30.2 Å². The minimum atomic E-state index is -0.0129. The van der Waals surface area contributed by atoms with Gasteiger partial charge in [-0.05, 0) is 43.7 Å². The summed E-state index contributed by atoms with van der Waals surface area (Å²) in [6, 6.07) is 8.94. The van der Waals surface area contributed by atoms with Gasteiger partial charge in [-0.2, -0.15) is 0 Å². The van der Waals surface area contributed by atoms with Crippen molar-refractivity contribution in [2.75, 3.05) is 44.4 Å². The van der Waals surface area contributed by atoms with E-state index < -0.39 is 0 Å². The van der Waals surface area contributed by atoms with E-state index in [1.54, 1.807) is 30.6 Å². The quantitative estimate of drug-likeness (QED) is 0.301. The number of Topliss-reactive ketones (excluding diaryl/α,β-unsaturated/α-hetero) is 1. The molecule has 1 saturated heterocycles. The van der Waals surface area contributed by atoms with E-state index in [4.69, 9.17) is 25.8 Å². The third kappa shape index (κ3) is 8.00. The Labute approximate surface area is 226 Å². The van der Waals surface area contributed by atoms with Crippen molar-refractivity contribution in [1.29, 1.82) is 0 Å². The normalized spacial score (nSPS) is 14.6. The van der Waals surface area contributed by atoms with E-state index in [9.17, 15) is 4.79 Å². The molecule has 3 heterocycles. The van der Waals surface area contributed by atoms with Crippen LogP contribution in [-0.4, -0.2) is 61.2 Å². The number of aromatic nitrogens is 2. The van der Waals surface area contributed by atoms with Crippen molar-refractivity contribution in [3.8, 4) is 16.7 Å². The number of nitrogens with zero attached hydrogens (tertiary/aromatic N) is 3. The van der Waals surface area contributed by atoms with Crippen LogP contribution >= 0.6 is 22.9 Å². The van der Waals surface area contributed by atoms with E-state index >= 15 is 0 Å². The molecule has 1 aliphatic rings. The fourth-order valence-corrected chi connectivity index (χ4v) is 4.48. The van der Waals surface area contributed by atoms with Gasteiger partial charge in [0.25, 0.3) is 5.19 Å². The number of benzene rings is 1. The Hall–Kier alpha value is -2.98. The van der Waals surface area contributed by atoms with Gasteiger partial charge >= 0.3 is 0 Å². The van der Waals surface area contributed by atoms with Crippen LogP contribution < -0.4 is 19.7 Å². The maximum atomic E-state index is 12.7. The van der Waals surface area contributed by atoms with Gasteiger partial charge in [-0.25, -0.2) is 9.97 Å². The van der Waals surface area contributed by atoms with E-state index in [2.05, 4.69) is 27.1 Å². The average molecular weight is 543 g/mol. The zero-order valence-electron chi connectivity index (χ0n) is 21.0. The number of pyridine rings is 1. The van der Waals surface area contributed by atoms with Crippen LogP contribution in [0.1, 0.15) is 35.5 Å². The lowest BCUT2D eigenvalue weighted by molar-refractivity contribution is 0.0989. The molecular formula is C27H31ClN4O4S. The highest BCUT2D eigenvalue weighted by Gasteiger charge is 2.15. The highest BCUT2D eigenvalue weighted by molar-refractivity contribution is 7.14. The maximum Gasteiger partial charge on any atom is 0.279 e. The van der Waals surface area contributed by atoms with E-state index in [0.29, 0.717) is 47.1 Å². The lowest BCUT2D eigenvalue weighted by atomic mass is 10.1. The second-order valence-electron chi connectivity index (χ2n) is 8.53. The fourth-order valence-electron chi connectivity index (χ4n) is 3.58. The predicted octanol–water partition coefficient (Wildman–Crippen LogP) is 5.48. The van der Waals surface area contributed by atoms with Crippen LogP contribution in [0.4, 0.5) is 5.82 Å². The number of rotatable bonds is 12. The Morgan fingerprint density at radius 1 is 1.27 bits per heavy atom. The van der Waals surface area contributed by atoms with Crippen LogP contribution in [0.15, 0.2) is 48.8 Å². The molecule has 0 bridgehead atoms. The van der Waals surface area contributed by atoms with Gasteiger partial charge in [0.15, 0.2) is 5.78 Å². The summed E-state index contributed by atoms with van der Waals surface area (Å²) in [4.78, 5) is 24.5. The molecule has 1 aromatic carbocycles. The number of carbonyl (C=O) groups excluding carboxylic acids is 1. The number of morpholine rings is 1. The third-order valence-corrected chi connectivity index (χ3v) is 6.75. The van der Waals surface area contributed by atoms with Crippen LogP contribution in [0.25, 0.3) is 6.08 Å². The lowest BCUT2D eigenvalue weighted by Crippen LogP contribution is -2.37. The Bertz CT molecular complexity index is 1210. The largest absolute Gasteiger partial charge is 0.494 e. The van der Waals surface area contributed by atoms with Crippen molar-refractivity contribution in [3.63, 3.8) is 0 Å². The molecule has 196 valence electrons. The Morgan fingerprint density at radius 3 is 2.89 bits per heavy atom. The zero-order valence-corrected chi connectivity index (χ0v) is 22.6. The topological polar surface area (TPSA) is 85.8 Å². The molecule has 8 nitrogen and oxygen atoms in total. The second-order valence-corrected chi connectivity index (χ2v) is 9.96. The molecular weight excluding hydrogens is 512 g/mol. The molecule has 4 rings (SSSR count). The highest BCUT2D eigenvalue weighted by Crippen LogP contribution is 2.34. The molecule has 37 heavy (non-hydrogen) atoms. The molecule has 0 aliphatic carbocycles. The first-order chi connectivity index (χ1) is 18.0. The molecule has 0 unspecified atom stereocenters. The van der Waals surface area contributed by atoms with Crippen molar-refractivity contribution < 1.29 is 19.0 Å². The minimum Gasteiger partial charge on any atom is -0.494 e. The predicted molar refractivity (Wildman–Crippen MR) is 148 cm³/mol. The van der Waals surface area contributed by atoms with Gasteiger partial charge in [0, 0.05) is 43.2 Å². The fraction of sp³-hybridized carbons (Fsp3) is 0.370. The van der Waals surface area contributed by atoms with Gasteiger partial charge in [-0.3, -0.25) is 4.79 Å². The molecule has 1 aliphatic heterocycles. The minimum absolute atomic E-state index is 0.0129. The van der Waals surface area contributed by atoms with Gasteiger partial charge in [0.05, 0.1) is 36.3 Å². The monoisotopic (exact) mass is 542 g/mol. The van der Waals surface area contributed by atoms with Crippen molar-refractivity contribution >= 4 is 40.6 Å². The average Bonchev–Trinajstić information content (AvgIpc) is 3.38. The summed E-state index contributed by atoms with van der Waals surface area (Å²) in [6.45, 7) is 7.82. The first-order valence-electron chi connectivity index (χ1n) is 12.3. The molecule has 1 N–H and O–H groups in total. The van der Waals surface area contributed by atoms with Crippen molar-refractivity contribution in [2.45, 2.75) is 26.3 Å². The maximum absolute atomic E-state index is 12.7. The van der Waals surface area contributed by atoms with Gasteiger partial charge in [-0.15, -0.1) is 0 Å². The van der Waals surface area contributed by atoms with Crippen LogP contribution in [0, 0.1) is 0 Å². The second kappa shape index (κ2) is 13.5. The molecule has 0 saturated carbocycles. The van der Waals surface area contributed by atoms with E-state index in [1.807, 2.05) is 31.2 Å². The van der Waals surface area contributed by atoms with Crippen LogP contribution in [0.5, 0.6) is 16.7 Å². The van der Waals surface area contributed by atoms with Gasteiger partial charge in [0.2, 0.25) is 0 Å². The molecule has 0 amide bonds. The molecule has 2 aromatic heterocycles. The lowest BCUT2D eigenvalue weighted by Gasteiger charge is -2.27. The van der Waals surface area contributed by atoms with Gasteiger partial charge in [-0.1, -0.05) is 35.9 Å². The number of hydrogen-bond donors (Lipinski definition) is 1. The van der Waals surface area contributed by atoms with Crippen molar-refractivity contribution in [3.05, 3.63) is 64.3 Å². The van der Waals surface area contributed by atoms with E-state index in [1.165, 1.54) is 11.3 Å². The number of ether oxygens (including phenoxy) is 3. The number of halogens is 1. The summed E-state index contributed by atoms with van der Waals surface area (Å²) in [6.07, 6.45) is 8.30. The standard InChI is InChI=1S/C27H31ClN4O4S/c1-3-12-35-21-5-7-25(23(28)16-21)36-27-31-17-22(37-27)6-4-19(2)30-18-24(33)20-8-9-29-26(15-20)32-10-13-34-14-11-32/h4-9,15-17,19,30H,3,10-14,18H2,1-2H3/b6-4+/t19-/m0/s1. The summed E-state index contributed by atoms with van der Waals surface area (Å²) >= 11 is 7.74. The number of ketones is 1. The number of nitrogens with one attached hydrogen (secondary N) is 1. The number of anilines is 1. The summed E-state index contributed by atoms with van der Waals surface area (Å²) in [5, 5.41) is 4.22. The molecule has 3 aromatic rings. The molecule has 10 heteroatoms. The summed E-state index contributed by atoms with van der Waals surface area (Å²) in [7, 11) is 0. The Balaban J connectivity index is 1.26. The SMILES string of the molecule is CCCOc1ccc(Oc2ncc(/C=C/[C@H](C)NCC(=O)c3ccnc(N4CCOCC4)c3)s2)c(Cl)c1. The zero-order chi connectivity index (χ0) is 26.0. The Kier molecular flexibility index (Phi) is 9.90. The van der Waals surface area contributed by atoms with Gasteiger partial charge < -0.3 is 24.4 Å². The molecule has 1 atom stereocenters. The van der Waals surface area contributed by atoms with Gasteiger partial charge in [0.1, 0.15) is 17.3 Å². The smallest absolute Gasteiger partial charge is 0.279 e. The van der Waals surface area contributed by atoms with Crippen LogP contribution in [0.2, 0.25) is 5.02 Å². The number of carbonyl (C=O) groups is 1. The van der Waals surface area contributed by atoms with Crippen molar-refractivity contribution in [1.82, 2.24) is 15.3 Å². The van der Waals surface area contributed by atoms with Crippen molar-refractivity contribution in [2.24, 2.45) is 0 Å². The Morgan fingerprint density at radius 2 is 2.11 bits per heavy atom. The molecule has 0 spiro atoms. The third-order valence-electron chi connectivity index (χ3n) is 5.61. The number of hydrogen-bond acceptors (Lipinski definition) is 9. The summed E-state index contributed by atoms with van der Waals surface area (Å²) < 4.78 is 16.8. The first-order valence-corrected chi connectivity index (χ1v) is 13.5. The molecule has 0 radical (unpaired) electrons. The first kappa shape index (κ1) is 27.1. The number of thiazole rings is 1. The molecule has 1 fully saturated rings. The van der Waals surface area contributed by atoms with Crippen LogP contribution in [0.3, 0.4) is 0 Å². The summed E-state index contributed by atoms with van der Waals surface area (Å²) in [5.41, 5.74) is 0.646. The van der Waals surface area contributed by atoms with Crippen LogP contribution in [-0.2, 0) is 4.74 Å². The highest BCUT2D eigenvalue weighted by atomic mass is 35.5. The van der Waals surface area contributed by atoms with E-state index in [-0.39, 0.29) is 18.4 Å². The summed E-state index contributed by atoms with van der Waals surface area (Å²) in [5.74, 6) is 2.07.